The van der Waals surface area contributed by atoms with Gasteiger partial charge in [0.1, 0.15) is 0 Å². The van der Waals surface area contributed by atoms with Crippen LogP contribution in [-0.4, -0.2) is 12.9 Å². The van der Waals surface area contributed by atoms with E-state index < -0.39 is 5.82 Å². The van der Waals surface area contributed by atoms with Crippen LogP contribution in [0.3, 0.4) is 0 Å². The highest BCUT2D eigenvalue weighted by molar-refractivity contribution is 5.95. The minimum Gasteiger partial charge on any atom is -0.492 e. The molecular weight excluding hydrogens is 173 g/mol. The number of nitrogen functional groups attached to an aromatic ring is 1. The molecule has 0 aliphatic heterocycles. The van der Waals surface area contributed by atoms with E-state index in [9.17, 15) is 9.18 Å². The molecule has 0 aromatic heterocycles. The van der Waals surface area contributed by atoms with E-state index in [-0.39, 0.29) is 22.8 Å². The van der Waals surface area contributed by atoms with Gasteiger partial charge in [0.25, 0.3) is 0 Å². The first-order chi connectivity index (χ1) is 6.06. The highest BCUT2D eigenvalue weighted by Crippen LogP contribution is 2.26. The lowest BCUT2D eigenvalue weighted by Crippen LogP contribution is -2.00. The first-order valence-corrected chi connectivity index (χ1v) is 3.70. The number of carbonyl (C=O) groups excluding carboxylic acids is 1. The van der Waals surface area contributed by atoms with Crippen molar-refractivity contribution in [2.24, 2.45) is 0 Å². The van der Waals surface area contributed by atoms with Crippen LogP contribution < -0.4 is 10.5 Å². The number of methoxy groups -OCH3 is 1. The smallest absolute Gasteiger partial charge is 0.177 e. The van der Waals surface area contributed by atoms with Gasteiger partial charge in [-0.25, -0.2) is 4.39 Å². The maximum Gasteiger partial charge on any atom is 0.177 e. The lowest BCUT2D eigenvalue weighted by molar-refractivity contribution is 0.101. The molecule has 1 rings (SSSR count). The van der Waals surface area contributed by atoms with Gasteiger partial charge < -0.3 is 10.5 Å². The summed E-state index contributed by atoms with van der Waals surface area (Å²) in [5.41, 5.74) is 5.83. The lowest BCUT2D eigenvalue weighted by Gasteiger charge is -2.06. The predicted molar refractivity (Wildman–Crippen MR) is 47.4 cm³/mol. The van der Waals surface area contributed by atoms with Gasteiger partial charge in [0.05, 0.1) is 12.8 Å². The van der Waals surface area contributed by atoms with Crippen LogP contribution in [0.4, 0.5) is 10.1 Å². The quantitative estimate of drug-likeness (QED) is 0.560. The van der Waals surface area contributed by atoms with Crippen molar-refractivity contribution in [3.63, 3.8) is 0 Å². The third kappa shape index (κ3) is 1.77. The van der Waals surface area contributed by atoms with Crippen LogP contribution in [0.25, 0.3) is 0 Å². The number of ketones is 1. The molecule has 0 fully saturated rings. The fourth-order valence-electron chi connectivity index (χ4n) is 1.03. The molecule has 0 aliphatic rings. The highest BCUT2D eigenvalue weighted by atomic mass is 19.1. The van der Waals surface area contributed by atoms with Crippen LogP contribution in [-0.2, 0) is 0 Å². The van der Waals surface area contributed by atoms with E-state index in [0.717, 1.165) is 6.07 Å². The number of hydrogen-bond donors (Lipinski definition) is 1. The minimum atomic E-state index is -0.618. The second-order valence-corrected chi connectivity index (χ2v) is 2.64. The van der Waals surface area contributed by atoms with Crippen molar-refractivity contribution in [3.8, 4) is 5.75 Å². The Bertz CT molecular complexity index is 326. The van der Waals surface area contributed by atoms with Gasteiger partial charge in [-0.1, -0.05) is 0 Å². The van der Waals surface area contributed by atoms with E-state index in [1.807, 2.05) is 0 Å². The lowest BCUT2D eigenvalue weighted by atomic mass is 10.1. The van der Waals surface area contributed by atoms with Crippen LogP contribution >= 0.6 is 0 Å². The Morgan fingerprint density at radius 3 is 2.54 bits per heavy atom. The molecule has 0 atom stereocenters. The Hall–Kier alpha value is -1.58. The fourth-order valence-corrected chi connectivity index (χ4v) is 1.03. The normalized spacial score (nSPS) is 9.77. The number of carbonyl (C=O) groups is 1. The first-order valence-electron chi connectivity index (χ1n) is 3.70. The zero-order chi connectivity index (χ0) is 10.0. The fraction of sp³-hybridized carbons (Fsp3) is 0.222. The zero-order valence-corrected chi connectivity index (χ0v) is 7.43. The molecule has 4 heteroatoms. The Morgan fingerprint density at radius 2 is 2.15 bits per heavy atom. The molecule has 0 heterocycles. The van der Waals surface area contributed by atoms with Gasteiger partial charge in [-0.15, -0.1) is 0 Å². The average Bonchev–Trinajstić information content (AvgIpc) is 2.03. The van der Waals surface area contributed by atoms with Crippen molar-refractivity contribution in [3.05, 3.63) is 23.5 Å². The number of rotatable bonds is 2. The van der Waals surface area contributed by atoms with E-state index in [1.165, 1.54) is 20.1 Å². The van der Waals surface area contributed by atoms with Crippen molar-refractivity contribution in [2.75, 3.05) is 12.8 Å². The summed E-state index contributed by atoms with van der Waals surface area (Å²) in [6.45, 7) is 1.35. The summed E-state index contributed by atoms with van der Waals surface area (Å²) in [6.07, 6.45) is 0. The standard InChI is InChI=1S/C9H10FNO2/c1-5(12)6-3-7(10)9(13-2)8(11)4-6/h3-4H,11H2,1-2H3. The van der Waals surface area contributed by atoms with Gasteiger partial charge in [0.2, 0.25) is 0 Å². The average molecular weight is 183 g/mol. The second-order valence-electron chi connectivity index (χ2n) is 2.64. The van der Waals surface area contributed by atoms with Gasteiger partial charge in [-0.2, -0.15) is 0 Å². The summed E-state index contributed by atoms with van der Waals surface area (Å²) in [6, 6.07) is 2.50. The molecule has 0 radical (unpaired) electrons. The third-order valence-corrected chi connectivity index (χ3v) is 1.68. The van der Waals surface area contributed by atoms with Gasteiger partial charge in [-0.3, -0.25) is 4.79 Å². The van der Waals surface area contributed by atoms with Crippen molar-refractivity contribution in [1.29, 1.82) is 0 Å². The summed E-state index contributed by atoms with van der Waals surface area (Å²) in [4.78, 5) is 10.9. The summed E-state index contributed by atoms with van der Waals surface area (Å²) in [5.74, 6) is -0.869. The summed E-state index contributed by atoms with van der Waals surface area (Å²) in [5, 5.41) is 0. The van der Waals surface area contributed by atoms with Crippen LogP contribution in [0, 0.1) is 5.82 Å². The maximum absolute atomic E-state index is 13.1. The van der Waals surface area contributed by atoms with Crippen LogP contribution in [0.2, 0.25) is 0 Å². The Balaban J connectivity index is 3.28. The SMILES string of the molecule is COc1c(N)cc(C(C)=O)cc1F. The molecular formula is C9H10FNO2. The molecule has 0 saturated heterocycles. The third-order valence-electron chi connectivity index (χ3n) is 1.68. The number of halogens is 1. The van der Waals surface area contributed by atoms with E-state index >= 15 is 0 Å². The molecule has 1 aromatic rings. The molecule has 0 bridgehead atoms. The molecule has 13 heavy (non-hydrogen) atoms. The van der Waals surface area contributed by atoms with E-state index in [4.69, 9.17) is 10.5 Å². The number of nitrogens with two attached hydrogens (primary N) is 1. The van der Waals surface area contributed by atoms with Gasteiger partial charge in [-0.05, 0) is 19.1 Å². The largest absolute Gasteiger partial charge is 0.492 e. The monoisotopic (exact) mass is 183 g/mol. The van der Waals surface area contributed by atoms with Crippen molar-refractivity contribution in [1.82, 2.24) is 0 Å². The van der Waals surface area contributed by atoms with Crippen molar-refractivity contribution >= 4 is 11.5 Å². The summed E-state index contributed by atoms with van der Waals surface area (Å²) < 4.78 is 17.8. The van der Waals surface area contributed by atoms with E-state index in [0.29, 0.717) is 0 Å². The summed E-state index contributed by atoms with van der Waals surface area (Å²) >= 11 is 0. The molecule has 0 amide bonds. The summed E-state index contributed by atoms with van der Waals surface area (Å²) in [7, 11) is 1.32. The van der Waals surface area contributed by atoms with Crippen LogP contribution in [0.5, 0.6) is 5.75 Å². The van der Waals surface area contributed by atoms with Crippen molar-refractivity contribution in [2.45, 2.75) is 6.92 Å². The van der Waals surface area contributed by atoms with Crippen molar-refractivity contribution < 1.29 is 13.9 Å². The van der Waals surface area contributed by atoms with E-state index in [1.54, 1.807) is 0 Å². The number of anilines is 1. The molecule has 2 N–H and O–H groups in total. The first kappa shape index (κ1) is 9.51. The zero-order valence-electron chi connectivity index (χ0n) is 7.43. The van der Waals surface area contributed by atoms with E-state index in [2.05, 4.69) is 0 Å². The highest BCUT2D eigenvalue weighted by Gasteiger charge is 2.10. The Kier molecular flexibility index (Phi) is 2.51. The molecule has 70 valence electrons. The predicted octanol–water partition coefficient (Wildman–Crippen LogP) is 1.62. The topological polar surface area (TPSA) is 52.3 Å². The number of benzene rings is 1. The maximum atomic E-state index is 13.1. The van der Waals surface area contributed by atoms with Gasteiger partial charge in [0.15, 0.2) is 17.3 Å². The number of ether oxygens (including phenoxy) is 1. The molecule has 3 nitrogen and oxygen atoms in total. The Morgan fingerprint density at radius 1 is 1.54 bits per heavy atom. The van der Waals surface area contributed by atoms with Gasteiger partial charge in [0, 0.05) is 5.56 Å². The number of hydrogen-bond acceptors (Lipinski definition) is 3. The minimum absolute atomic E-state index is 0.0231. The van der Waals surface area contributed by atoms with Gasteiger partial charge >= 0.3 is 0 Å². The molecule has 1 aromatic carbocycles. The Labute approximate surface area is 75.3 Å². The second kappa shape index (κ2) is 3.43. The molecule has 0 aliphatic carbocycles. The molecule has 0 spiro atoms. The van der Waals surface area contributed by atoms with Crippen LogP contribution in [0.1, 0.15) is 17.3 Å². The molecule has 0 saturated carbocycles. The molecule has 0 unspecified atom stereocenters. The number of Topliss-reactive ketones (excluding diaryl/α,β-unsaturated/α-hetero) is 1. The van der Waals surface area contributed by atoms with Crippen LogP contribution in [0.15, 0.2) is 12.1 Å².